The van der Waals surface area contributed by atoms with E-state index in [1.165, 1.54) is 58.1 Å². The summed E-state index contributed by atoms with van der Waals surface area (Å²) in [4.78, 5) is 15.9. The highest BCUT2D eigenvalue weighted by Crippen LogP contribution is 2.44. The van der Waals surface area contributed by atoms with E-state index in [1.807, 2.05) is 17.4 Å². The molecule has 0 radical (unpaired) electrons. The van der Waals surface area contributed by atoms with Crippen molar-refractivity contribution < 1.29 is 0 Å². The van der Waals surface area contributed by atoms with Crippen molar-refractivity contribution in [3.63, 3.8) is 0 Å². The third-order valence-electron chi connectivity index (χ3n) is 11.4. The van der Waals surface area contributed by atoms with Gasteiger partial charge in [0, 0.05) is 64.3 Å². The van der Waals surface area contributed by atoms with Crippen LogP contribution < -0.4 is 0 Å². The molecule has 0 bridgehead atoms. The van der Waals surface area contributed by atoms with Gasteiger partial charge in [-0.25, -0.2) is 15.0 Å². The standard InChI is InChI=1S/C53H32N4S/c1-2-13-33(14-3-1)44-32-45(34-25-27-39(28-26-34)57-47-22-9-6-19-40(47)41-20-7-10-23-48(41)57)56-53(55-44)38-18-12-17-37(29-38)51-50-42-21-8-11-24-49(42)58-52(50)43-30-35-15-4-5-16-36(35)31-46(43)54-51/h1-32H. The SMILES string of the molecule is c1ccc(-c2cc(-c3ccc(-n4c5ccccc5c5ccccc54)cc3)nc(-c3cccc(-c4nc5cc6ccccc6cc5c5sc6ccccc6c45)c3)n2)cc1. The number of fused-ring (bicyclic) bond motifs is 9. The Labute approximate surface area is 338 Å². The maximum Gasteiger partial charge on any atom is 0.160 e. The Hall–Kier alpha value is -7.47. The molecule has 8 aromatic carbocycles. The summed E-state index contributed by atoms with van der Waals surface area (Å²) in [6.45, 7) is 0. The van der Waals surface area contributed by atoms with E-state index in [0.717, 1.165) is 50.5 Å². The molecular formula is C53H32N4S. The van der Waals surface area contributed by atoms with Crippen molar-refractivity contribution in [1.29, 1.82) is 0 Å². The van der Waals surface area contributed by atoms with Crippen molar-refractivity contribution in [1.82, 2.24) is 19.5 Å². The summed E-state index contributed by atoms with van der Waals surface area (Å²) in [5.41, 5.74) is 11.2. The molecule has 0 amide bonds. The molecule has 0 saturated heterocycles. The molecule has 0 atom stereocenters. The molecule has 270 valence electrons. The van der Waals surface area contributed by atoms with Crippen LogP contribution in [0.3, 0.4) is 0 Å². The van der Waals surface area contributed by atoms with Crippen molar-refractivity contribution in [2.75, 3.05) is 0 Å². The number of aromatic nitrogens is 4. The van der Waals surface area contributed by atoms with E-state index in [1.54, 1.807) is 0 Å². The van der Waals surface area contributed by atoms with Crippen molar-refractivity contribution in [3.8, 4) is 50.8 Å². The fourth-order valence-corrected chi connectivity index (χ4v) is 9.86. The lowest BCUT2D eigenvalue weighted by Gasteiger charge is -2.13. The normalized spacial score (nSPS) is 11.8. The Bertz CT molecular complexity index is 3510. The van der Waals surface area contributed by atoms with Gasteiger partial charge in [0.15, 0.2) is 5.82 Å². The Kier molecular flexibility index (Phi) is 7.37. The van der Waals surface area contributed by atoms with Crippen LogP contribution in [0, 0.1) is 0 Å². The lowest BCUT2D eigenvalue weighted by atomic mass is 9.99. The molecule has 0 saturated carbocycles. The van der Waals surface area contributed by atoms with Gasteiger partial charge in [0.25, 0.3) is 0 Å². The maximum absolute atomic E-state index is 5.44. The number of pyridine rings is 1. The van der Waals surface area contributed by atoms with Gasteiger partial charge in [0.2, 0.25) is 0 Å². The van der Waals surface area contributed by atoms with Crippen molar-refractivity contribution >= 4 is 75.0 Å². The van der Waals surface area contributed by atoms with Crippen LogP contribution in [0.4, 0.5) is 0 Å². The molecule has 0 aliphatic heterocycles. The second-order valence-corrected chi connectivity index (χ2v) is 15.9. The first-order valence-electron chi connectivity index (χ1n) is 19.5. The van der Waals surface area contributed by atoms with Gasteiger partial charge in [0.05, 0.1) is 33.6 Å². The fraction of sp³-hybridized carbons (Fsp3) is 0. The van der Waals surface area contributed by atoms with Crippen LogP contribution in [0.25, 0.3) is 115 Å². The predicted octanol–water partition coefficient (Wildman–Crippen LogP) is 14.3. The zero-order chi connectivity index (χ0) is 38.2. The van der Waals surface area contributed by atoms with Crippen LogP contribution >= 0.6 is 11.3 Å². The van der Waals surface area contributed by atoms with E-state index in [0.29, 0.717) is 5.82 Å². The molecule has 0 fully saturated rings. The highest BCUT2D eigenvalue weighted by atomic mass is 32.1. The molecule has 12 aromatic rings. The van der Waals surface area contributed by atoms with Crippen molar-refractivity contribution in [2.45, 2.75) is 0 Å². The number of benzene rings is 8. The summed E-state index contributed by atoms with van der Waals surface area (Å²) in [6.07, 6.45) is 0. The number of hydrogen-bond donors (Lipinski definition) is 0. The summed E-state index contributed by atoms with van der Waals surface area (Å²) in [7, 11) is 0. The minimum Gasteiger partial charge on any atom is -0.309 e. The van der Waals surface area contributed by atoms with Crippen LogP contribution in [0.1, 0.15) is 0 Å². The number of rotatable bonds is 5. The maximum atomic E-state index is 5.44. The molecule has 0 spiro atoms. The van der Waals surface area contributed by atoms with Crippen LogP contribution in [0.2, 0.25) is 0 Å². The minimum atomic E-state index is 0.669. The monoisotopic (exact) mass is 756 g/mol. The Morgan fingerprint density at radius 3 is 1.72 bits per heavy atom. The second kappa shape index (κ2) is 13.1. The van der Waals surface area contributed by atoms with Gasteiger partial charge >= 0.3 is 0 Å². The highest BCUT2D eigenvalue weighted by Gasteiger charge is 2.19. The predicted molar refractivity (Wildman–Crippen MR) is 244 cm³/mol. The molecule has 5 heteroatoms. The van der Waals surface area contributed by atoms with Crippen LogP contribution in [0.15, 0.2) is 194 Å². The molecule has 58 heavy (non-hydrogen) atoms. The zero-order valence-corrected chi connectivity index (χ0v) is 32.0. The fourth-order valence-electron chi connectivity index (χ4n) is 8.63. The first-order valence-corrected chi connectivity index (χ1v) is 20.3. The molecule has 0 aliphatic rings. The topological polar surface area (TPSA) is 43.6 Å². The van der Waals surface area contributed by atoms with Gasteiger partial charge in [-0.1, -0.05) is 140 Å². The van der Waals surface area contributed by atoms with Gasteiger partial charge in [-0.05, 0) is 65.4 Å². The molecule has 4 aromatic heterocycles. The lowest BCUT2D eigenvalue weighted by Crippen LogP contribution is -1.97. The second-order valence-electron chi connectivity index (χ2n) is 14.8. The van der Waals surface area contributed by atoms with E-state index in [9.17, 15) is 0 Å². The molecule has 0 N–H and O–H groups in total. The van der Waals surface area contributed by atoms with Crippen molar-refractivity contribution in [2.24, 2.45) is 0 Å². The van der Waals surface area contributed by atoms with Gasteiger partial charge in [-0.3, -0.25) is 0 Å². The largest absolute Gasteiger partial charge is 0.309 e. The molecule has 4 heterocycles. The van der Waals surface area contributed by atoms with E-state index >= 15 is 0 Å². The minimum absolute atomic E-state index is 0.669. The van der Waals surface area contributed by atoms with Gasteiger partial charge in [-0.15, -0.1) is 11.3 Å². The molecule has 0 unspecified atom stereocenters. The number of thiophene rings is 1. The summed E-state index contributed by atoms with van der Waals surface area (Å²) >= 11 is 1.84. The number of nitrogens with zero attached hydrogens (tertiary/aromatic N) is 4. The van der Waals surface area contributed by atoms with Crippen molar-refractivity contribution in [3.05, 3.63) is 194 Å². The van der Waals surface area contributed by atoms with E-state index in [2.05, 4.69) is 193 Å². The third kappa shape index (κ3) is 5.25. The summed E-state index contributed by atoms with van der Waals surface area (Å²) in [5.74, 6) is 0.669. The van der Waals surface area contributed by atoms with Crippen LogP contribution in [-0.2, 0) is 0 Å². The lowest BCUT2D eigenvalue weighted by molar-refractivity contribution is 1.17. The Morgan fingerprint density at radius 1 is 0.397 bits per heavy atom. The molecule has 12 rings (SSSR count). The van der Waals surface area contributed by atoms with Gasteiger partial charge < -0.3 is 4.57 Å². The molecular weight excluding hydrogens is 725 g/mol. The van der Waals surface area contributed by atoms with Gasteiger partial charge in [-0.2, -0.15) is 0 Å². The summed E-state index contributed by atoms with van der Waals surface area (Å²) in [5, 5.41) is 8.49. The number of para-hydroxylation sites is 2. The van der Waals surface area contributed by atoms with E-state index < -0.39 is 0 Å². The first kappa shape index (κ1) is 32.7. The van der Waals surface area contributed by atoms with E-state index in [-0.39, 0.29) is 0 Å². The average Bonchev–Trinajstić information content (AvgIpc) is 3.85. The average molecular weight is 757 g/mol. The summed E-state index contributed by atoms with van der Waals surface area (Å²) < 4.78 is 4.86. The Morgan fingerprint density at radius 2 is 0.983 bits per heavy atom. The summed E-state index contributed by atoms with van der Waals surface area (Å²) in [6, 6.07) is 68.8. The first-order chi connectivity index (χ1) is 28.7. The highest BCUT2D eigenvalue weighted by molar-refractivity contribution is 7.26. The Balaban J connectivity index is 1.02. The number of hydrogen-bond acceptors (Lipinski definition) is 4. The van der Waals surface area contributed by atoms with Crippen LogP contribution in [-0.4, -0.2) is 19.5 Å². The molecule has 4 nitrogen and oxygen atoms in total. The van der Waals surface area contributed by atoms with Crippen LogP contribution in [0.5, 0.6) is 0 Å². The van der Waals surface area contributed by atoms with E-state index in [4.69, 9.17) is 15.0 Å². The zero-order valence-electron chi connectivity index (χ0n) is 31.2. The molecule has 0 aliphatic carbocycles. The third-order valence-corrected chi connectivity index (χ3v) is 12.6. The smallest absolute Gasteiger partial charge is 0.160 e. The van der Waals surface area contributed by atoms with Gasteiger partial charge in [0.1, 0.15) is 0 Å². The quantitative estimate of drug-likeness (QED) is 0.164.